The lowest BCUT2D eigenvalue weighted by Gasteiger charge is -2.24. The fraction of sp³-hybridized carbons (Fsp3) is 0.636. The molecule has 0 bridgehead atoms. The Kier molecular flexibility index (Phi) is 11.8. The van der Waals surface area contributed by atoms with E-state index >= 15 is 0 Å². The van der Waals surface area contributed by atoms with Crippen LogP contribution in [0.4, 0.5) is 0 Å². The molecule has 0 atom stereocenters. The standard InChI is InChI=1S/C22H36O6/c1-16(2)8-9-18-17(3)21(27-12-6-10-25-4)19(14-23)20(15-24)22(18)28-13-7-11-26-5/h8,23-24H,6-7,9-15H2,1-5H3. The third-order valence-electron chi connectivity index (χ3n) is 4.49. The predicted octanol–water partition coefficient (Wildman–Crippen LogP) is 3.32. The van der Waals surface area contributed by atoms with Gasteiger partial charge >= 0.3 is 0 Å². The molecule has 6 nitrogen and oxygen atoms in total. The molecule has 0 saturated heterocycles. The maximum atomic E-state index is 10.1. The van der Waals surface area contributed by atoms with Crippen molar-refractivity contribution in [2.75, 3.05) is 40.6 Å². The number of benzene rings is 1. The first kappa shape index (κ1) is 24.4. The van der Waals surface area contributed by atoms with Gasteiger partial charge in [-0.1, -0.05) is 11.6 Å². The Bertz CT molecular complexity index is 620. The van der Waals surface area contributed by atoms with Crippen LogP contribution in [0.5, 0.6) is 11.5 Å². The molecule has 1 aromatic carbocycles. The van der Waals surface area contributed by atoms with Crippen molar-refractivity contribution in [3.8, 4) is 11.5 Å². The maximum absolute atomic E-state index is 10.1. The highest BCUT2D eigenvalue weighted by Gasteiger charge is 2.23. The van der Waals surface area contributed by atoms with Crippen molar-refractivity contribution in [2.24, 2.45) is 0 Å². The number of aliphatic hydroxyl groups is 2. The minimum absolute atomic E-state index is 0.228. The first-order chi connectivity index (χ1) is 13.5. The van der Waals surface area contributed by atoms with Gasteiger partial charge in [-0.05, 0) is 32.8 Å². The van der Waals surface area contributed by atoms with Crippen LogP contribution in [0.15, 0.2) is 11.6 Å². The Balaban J connectivity index is 3.36. The molecule has 28 heavy (non-hydrogen) atoms. The Morgan fingerprint density at radius 2 is 1.29 bits per heavy atom. The first-order valence-corrected chi connectivity index (χ1v) is 9.77. The molecule has 0 aliphatic heterocycles. The van der Waals surface area contributed by atoms with Crippen molar-refractivity contribution in [1.82, 2.24) is 0 Å². The zero-order chi connectivity index (χ0) is 20.9. The van der Waals surface area contributed by atoms with Crippen molar-refractivity contribution >= 4 is 0 Å². The molecule has 0 spiro atoms. The van der Waals surface area contributed by atoms with Crippen molar-refractivity contribution in [3.05, 3.63) is 33.9 Å². The van der Waals surface area contributed by atoms with E-state index in [1.54, 1.807) is 14.2 Å². The lowest BCUT2D eigenvalue weighted by atomic mass is 9.93. The molecule has 0 amide bonds. The second-order valence-corrected chi connectivity index (χ2v) is 6.91. The molecule has 0 aliphatic rings. The molecule has 0 aromatic heterocycles. The molecule has 0 heterocycles. The Morgan fingerprint density at radius 3 is 1.75 bits per heavy atom. The van der Waals surface area contributed by atoms with Gasteiger partial charge in [0.1, 0.15) is 11.5 Å². The van der Waals surface area contributed by atoms with Gasteiger partial charge in [0.15, 0.2) is 0 Å². The van der Waals surface area contributed by atoms with Gasteiger partial charge in [0, 0.05) is 57.0 Å². The van der Waals surface area contributed by atoms with Crippen LogP contribution in [-0.2, 0) is 29.1 Å². The molecule has 0 radical (unpaired) electrons. The zero-order valence-corrected chi connectivity index (χ0v) is 18.0. The van der Waals surface area contributed by atoms with Crippen LogP contribution in [0.25, 0.3) is 0 Å². The third kappa shape index (κ3) is 7.09. The van der Waals surface area contributed by atoms with Crippen LogP contribution >= 0.6 is 0 Å². The van der Waals surface area contributed by atoms with Crippen molar-refractivity contribution in [2.45, 2.75) is 53.2 Å². The van der Waals surface area contributed by atoms with E-state index in [0.29, 0.717) is 55.5 Å². The van der Waals surface area contributed by atoms with Gasteiger partial charge in [0.2, 0.25) is 0 Å². The molecular weight excluding hydrogens is 360 g/mol. The highest BCUT2D eigenvalue weighted by Crippen LogP contribution is 2.40. The summed E-state index contributed by atoms with van der Waals surface area (Å²) in [4.78, 5) is 0. The van der Waals surface area contributed by atoms with E-state index in [4.69, 9.17) is 18.9 Å². The van der Waals surface area contributed by atoms with Gasteiger partial charge < -0.3 is 29.2 Å². The normalized spacial score (nSPS) is 10.8. The van der Waals surface area contributed by atoms with E-state index in [0.717, 1.165) is 24.0 Å². The van der Waals surface area contributed by atoms with Crippen molar-refractivity contribution < 1.29 is 29.2 Å². The second-order valence-electron chi connectivity index (χ2n) is 6.91. The quantitative estimate of drug-likeness (QED) is 0.371. The molecule has 0 saturated carbocycles. The molecule has 0 unspecified atom stereocenters. The van der Waals surface area contributed by atoms with Gasteiger partial charge in [-0.3, -0.25) is 0 Å². The summed E-state index contributed by atoms with van der Waals surface area (Å²) in [7, 11) is 3.31. The summed E-state index contributed by atoms with van der Waals surface area (Å²) in [5.41, 5.74) is 4.27. The SMILES string of the molecule is COCCCOc1c(C)c(CC=C(C)C)c(OCCCOC)c(CO)c1CO. The van der Waals surface area contributed by atoms with Gasteiger partial charge in [-0.25, -0.2) is 0 Å². The fourth-order valence-corrected chi connectivity index (χ4v) is 3.00. The van der Waals surface area contributed by atoms with Gasteiger partial charge in [-0.2, -0.15) is 0 Å². The molecule has 0 aliphatic carbocycles. The second kappa shape index (κ2) is 13.6. The van der Waals surface area contributed by atoms with Crippen molar-refractivity contribution in [1.29, 1.82) is 0 Å². The average Bonchev–Trinajstić information content (AvgIpc) is 2.68. The van der Waals surface area contributed by atoms with E-state index in [1.165, 1.54) is 5.57 Å². The lowest BCUT2D eigenvalue weighted by Crippen LogP contribution is -2.13. The lowest BCUT2D eigenvalue weighted by molar-refractivity contribution is 0.167. The summed E-state index contributed by atoms with van der Waals surface area (Å²) in [6, 6.07) is 0. The predicted molar refractivity (Wildman–Crippen MR) is 110 cm³/mol. The number of aliphatic hydroxyl groups excluding tert-OH is 2. The molecule has 1 rings (SSSR count). The van der Waals surface area contributed by atoms with Crippen LogP contribution < -0.4 is 9.47 Å². The van der Waals surface area contributed by atoms with E-state index < -0.39 is 0 Å². The molecule has 160 valence electrons. The highest BCUT2D eigenvalue weighted by atomic mass is 16.5. The average molecular weight is 397 g/mol. The van der Waals surface area contributed by atoms with Gasteiger partial charge in [0.05, 0.1) is 26.4 Å². The summed E-state index contributed by atoms with van der Waals surface area (Å²) in [5.74, 6) is 1.27. The fourth-order valence-electron chi connectivity index (χ4n) is 3.00. The number of methoxy groups -OCH3 is 2. The smallest absolute Gasteiger partial charge is 0.129 e. The number of rotatable bonds is 14. The van der Waals surface area contributed by atoms with Crippen LogP contribution in [-0.4, -0.2) is 50.9 Å². The van der Waals surface area contributed by atoms with E-state index in [1.807, 2.05) is 20.8 Å². The van der Waals surface area contributed by atoms with E-state index in [2.05, 4.69) is 6.08 Å². The van der Waals surface area contributed by atoms with E-state index in [9.17, 15) is 10.2 Å². The summed E-state index contributed by atoms with van der Waals surface area (Å²) < 4.78 is 22.2. The van der Waals surface area contributed by atoms with Crippen LogP contribution in [0.3, 0.4) is 0 Å². The molecule has 1 aromatic rings. The summed E-state index contributed by atoms with van der Waals surface area (Å²) in [6.07, 6.45) is 4.28. The summed E-state index contributed by atoms with van der Waals surface area (Å²) in [5, 5.41) is 20.1. The monoisotopic (exact) mass is 396 g/mol. The Hall–Kier alpha value is -1.60. The summed E-state index contributed by atoms with van der Waals surface area (Å²) >= 11 is 0. The zero-order valence-electron chi connectivity index (χ0n) is 18.0. The molecular formula is C22H36O6. The number of hydrogen-bond donors (Lipinski definition) is 2. The van der Waals surface area contributed by atoms with Crippen LogP contribution in [0.1, 0.15) is 48.9 Å². The van der Waals surface area contributed by atoms with Crippen molar-refractivity contribution in [3.63, 3.8) is 0 Å². The molecule has 6 heteroatoms. The first-order valence-electron chi connectivity index (χ1n) is 9.77. The minimum Gasteiger partial charge on any atom is -0.493 e. The Morgan fingerprint density at radius 1 is 0.786 bits per heavy atom. The third-order valence-corrected chi connectivity index (χ3v) is 4.49. The molecule has 0 fully saturated rings. The number of ether oxygens (including phenoxy) is 4. The van der Waals surface area contributed by atoms with Gasteiger partial charge in [0.25, 0.3) is 0 Å². The minimum atomic E-state index is -0.230. The largest absolute Gasteiger partial charge is 0.493 e. The number of hydrogen-bond acceptors (Lipinski definition) is 6. The Labute approximate surface area is 169 Å². The van der Waals surface area contributed by atoms with Crippen LogP contribution in [0, 0.1) is 6.92 Å². The van der Waals surface area contributed by atoms with E-state index in [-0.39, 0.29) is 13.2 Å². The topological polar surface area (TPSA) is 77.4 Å². The highest BCUT2D eigenvalue weighted by molar-refractivity contribution is 5.59. The molecule has 2 N–H and O–H groups in total. The summed E-state index contributed by atoms with van der Waals surface area (Å²) in [6.45, 7) is 7.76. The maximum Gasteiger partial charge on any atom is 0.129 e. The van der Waals surface area contributed by atoms with Gasteiger partial charge in [-0.15, -0.1) is 0 Å². The number of allylic oxidation sites excluding steroid dienone is 2. The van der Waals surface area contributed by atoms with Crippen LogP contribution in [0.2, 0.25) is 0 Å².